The molecule has 100 valence electrons. The average Bonchev–Trinajstić information content (AvgIpc) is 2.39. The van der Waals surface area contributed by atoms with Crippen molar-refractivity contribution < 1.29 is 19.0 Å². The van der Waals surface area contributed by atoms with Gasteiger partial charge in [0.25, 0.3) is 0 Å². The van der Waals surface area contributed by atoms with Gasteiger partial charge in [-0.1, -0.05) is 12.1 Å². The van der Waals surface area contributed by atoms with Crippen molar-refractivity contribution >= 4 is 5.97 Å². The van der Waals surface area contributed by atoms with Crippen LogP contribution in [0.15, 0.2) is 24.3 Å². The minimum absolute atomic E-state index is 0.00151. The highest BCUT2D eigenvalue weighted by Gasteiger charge is 2.00. The first-order chi connectivity index (χ1) is 8.76. The maximum absolute atomic E-state index is 11.0. The first-order valence-corrected chi connectivity index (χ1v) is 5.74. The van der Waals surface area contributed by atoms with E-state index in [1.165, 1.54) is 7.11 Å². The molecule has 0 aromatic heterocycles. The standard InChI is InChI=1S/C13H19NO4/c1-16-10-13(15)18-8-7-14-9-11-3-5-12(17-2)6-4-11/h3-6,14H,7-10H2,1-2H3. The van der Waals surface area contributed by atoms with E-state index in [-0.39, 0.29) is 12.6 Å². The van der Waals surface area contributed by atoms with Gasteiger partial charge in [-0.3, -0.25) is 0 Å². The fourth-order valence-corrected chi connectivity index (χ4v) is 1.37. The number of carbonyl (C=O) groups is 1. The topological polar surface area (TPSA) is 56.8 Å². The molecule has 0 radical (unpaired) electrons. The summed E-state index contributed by atoms with van der Waals surface area (Å²) in [6.07, 6.45) is 0. The molecule has 0 spiro atoms. The Hall–Kier alpha value is -1.59. The minimum Gasteiger partial charge on any atom is -0.497 e. The van der Waals surface area contributed by atoms with Crippen molar-refractivity contribution in [3.8, 4) is 5.75 Å². The van der Waals surface area contributed by atoms with E-state index < -0.39 is 0 Å². The molecule has 0 saturated carbocycles. The van der Waals surface area contributed by atoms with E-state index in [0.29, 0.717) is 13.2 Å². The van der Waals surface area contributed by atoms with Gasteiger partial charge in [0.2, 0.25) is 0 Å². The Morgan fingerprint density at radius 2 is 1.94 bits per heavy atom. The lowest BCUT2D eigenvalue weighted by Crippen LogP contribution is -2.22. The van der Waals surface area contributed by atoms with Crippen LogP contribution in [-0.4, -0.2) is 39.9 Å². The lowest BCUT2D eigenvalue weighted by molar-refractivity contribution is -0.147. The van der Waals surface area contributed by atoms with Crippen LogP contribution in [0.5, 0.6) is 5.75 Å². The molecular formula is C13H19NO4. The highest BCUT2D eigenvalue weighted by atomic mass is 16.6. The van der Waals surface area contributed by atoms with Crippen LogP contribution in [0.2, 0.25) is 0 Å². The van der Waals surface area contributed by atoms with E-state index in [1.54, 1.807) is 7.11 Å². The monoisotopic (exact) mass is 253 g/mol. The van der Waals surface area contributed by atoms with Gasteiger partial charge in [0.15, 0.2) is 0 Å². The van der Waals surface area contributed by atoms with Crippen molar-refractivity contribution in [3.63, 3.8) is 0 Å². The lowest BCUT2D eigenvalue weighted by Gasteiger charge is -2.07. The molecule has 0 amide bonds. The maximum Gasteiger partial charge on any atom is 0.332 e. The molecule has 0 atom stereocenters. The number of hydrogen-bond donors (Lipinski definition) is 1. The summed E-state index contributed by atoms with van der Waals surface area (Å²) in [7, 11) is 3.10. The third-order valence-corrected chi connectivity index (χ3v) is 2.29. The number of esters is 1. The molecule has 1 aromatic rings. The average molecular weight is 253 g/mol. The number of ether oxygens (including phenoxy) is 3. The predicted octanol–water partition coefficient (Wildman–Crippen LogP) is 0.974. The Morgan fingerprint density at radius 3 is 2.56 bits per heavy atom. The lowest BCUT2D eigenvalue weighted by atomic mass is 10.2. The number of methoxy groups -OCH3 is 2. The quantitative estimate of drug-likeness (QED) is 0.553. The van der Waals surface area contributed by atoms with E-state index in [4.69, 9.17) is 9.47 Å². The van der Waals surface area contributed by atoms with Crippen LogP contribution in [0.25, 0.3) is 0 Å². The molecule has 0 saturated heterocycles. The largest absolute Gasteiger partial charge is 0.497 e. The first-order valence-electron chi connectivity index (χ1n) is 5.74. The van der Waals surface area contributed by atoms with Gasteiger partial charge in [-0.2, -0.15) is 0 Å². The number of rotatable bonds is 8. The molecule has 1 rings (SSSR count). The summed E-state index contributed by atoms with van der Waals surface area (Å²) < 4.78 is 14.6. The minimum atomic E-state index is -0.344. The summed E-state index contributed by atoms with van der Waals surface area (Å²) in [5, 5.41) is 3.18. The van der Waals surface area contributed by atoms with Crippen LogP contribution in [-0.2, 0) is 20.8 Å². The molecule has 0 aliphatic carbocycles. The van der Waals surface area contributed by atoms with Crippen molar-refractivity contribution in [2.45, 2.75) is 6.54 Å². The van der Waals surface area contributed by atoms with E-state index in [1.807, 2.05) is 24.3 Å². The Kier molecular flexibility index (Phi) is 6.83. The van der Waals surface area contributed by atoms with Crippen molar-refractivity contribution in [1.82, 2.24) is 5.32 Å². The molecule has 0 bridgehead atoms. The summed E-state index contributed by atoms with van der Waals surface area (Å²) in [6, 6.07) is 7.80. The zero-order valence-corrected chi connectivity index (χ0v) is 10.8. The van der Waals surface area contributed by atoms with Gasteiger partial charge in [-0.25, -0.2) is 4.79 Å². The van der Waals surface area contributed by atoms with E-state index in [0.717, 1.165) is 17.9 Å². The van der Waals surface area contributed by atoms with Gasteiger partial charge in [-0.05, 0) is 17.7 Å². The number of nitrogens with one attached hydrogen (secondary N) is 1. The molecule has 1 N–H and O–H groups in total. The Labute approximate surface area is 107 Å². The van der Waals surface area contributed by atoms with Gasteiger partial charge in [0.1, 0.15) is 19.0 Å². The van der Waals surface area contributed by atoms with E-state index >= 15 is 0 Å². The molecule has 0 aliphatic heterocycles. The normalized spacial score (nSPS) is 10.1. The molecule has 0 heterocycles. The van der Waals surface area contributed by atoms with Gasteiger partial charge < -0.3 is 19.5 Å². The second-order valence-electron chi connectivity index (χ2n) is 3.68. The number of carbonyl (C=O) groups excluding carboxylic acids is 1. The van der Waals surface area contributed by atoms with Crippen molar-refractivity contribution in [2.75, 3.05) is 34.0 Å². The highest BCUT2D eigenvalue weighted by molar-refractivity contribution is 5.70. The first kappa shape index (κ1) is 14.5. The second-order valence-corrected chi connectivity index (χ2v) is 3.68. The number of benzene rings is 1. The highest BCUT2D eigenvalue weighted by Crippen LogP contribution is 2.10. The molecule has 5 heteroatoms. The zero-order valence-electron chi connectivity index (χ0n) is 10.8. The van der Waals surface area contributed by atoms with Crippen molar-refractivity contribution in [3.05, 3.63) is 29.8 Å². The second kappa shape index (κ2) is 8.49. The Balaban J connectivity index is 2.12. The summed E-state index contributed by atoms with van der Waals surface area (Å²) in [5.74, 6) is 0.496. The van der Waals surface area contributed by atoms with E-state index in [9.17, 15) is 4.79 Å². The Bertz CT molecular complexity index is 351. The molecule has 0 fully saturated rings. The molecule has 1 aromatic carbocycles. The zero-order chi connectivity index (χ0) is 13.2. The van der Waals surface area contributed by atoms with Gasteiger partial charge >= 0.3 is 5.97 Å². The summed E-state index contributed by atoms with van der Waals surface area (Å²) in [5.41, 5.74) is 1.15. The van der Waals surface area contributed by atoms with Gasteiger partial charge in [0, 0.05) is 20.2 Å². The van der Waals surface area contributed by atoms with Crippen LogP contribution in [0, 0.1) is 0 Å². The van der Waals surface area contributed by atoms with Gasteiger partial charge in [-0.15, -0.1) is 0 Å². The van der Waals surface area contributed by atoms with E-state index in [2.05, 4.69) is 10.1 Å². The fourth-order valence-electron chi connectivity index (χ4n) is 1.37. The summed E-state index contributed by atoms with van der Waals surface area (Å²) in [4.78, 5) is 11.0. The smallest absolute Gasteiger partial charge is 0.332 e. The third-order valence-electron chi connectivity index (χ3n) is 2.29. The molecule has 0 aliphatic rings. The Morgan fingerprint density at radius 1 is 1.22 bits per heavy atom. The fraction of sp³-hybridized carbons (Fsp3) is 0.462. The van der Waals surface area contributed by atoms with Gasteiger partial charge in [0.05, 0.1) is 7.11 Å². The molecule has 5 nitrogen and oxygen atoms in total. The number of hydrogen-bond acceptors (Lipinski definition) is 5. The van der Waals surface area contributed by atoms with Crippen LogP contribution >= 0.6 is 0 Å². The van der Waals surface area contributed by atoms with Crippen molar-refractivity contribution in [2.24, 2.45) is 0 Å². The third kappa shape index (κ3) is 5.65. The summed E-state index contributed by atoms with van der Waals surface area (Å²) >= 11 is 0. The van der Waals surface area contributed by atoms with Crippen LogP contribution in [0.4, 0.5) is 0 Å². The van der Waals surface area contributed by atoms with Crippen molar-refractivity contribution in [1.29, 1.82) is 0 Å². The molecule has 18 heavy (non-hydrogen) atoms. The summed E-state index contributed by atoms with van der Waals surface area (Å²) in [6.45, 7) is 1.68. The predicted molar refractivity (Wildman–Crippen MR) is 67.5 cm³/mol. The molecule has 0 unspecified atom stereocenters. The van der Waals surface area contributed by atoms with Crippen LogP contribution in [0.1, 0.15) is 5.56 Å². The van der Waals surface area contributed by atoms with Crippen LogP contribution in [0.3, 0.4) is 0 Å². The SMILES string of the molecule is COCC(=O)OCCNCc1ccc(OC)cc1. The maximum atomic E-state index is 11.0. The van der Waals surface area contributed by atoms with Crippen LogP contribution < -0.4 is 10.1 Å². The molecular weight excluding hydrogens is 234 g/mol.